The quantitative estimate of drug-likeness (QED) is 0.380. The molecule has 1 saturated carbocycles. The smallest absolute Gasteiger partial charge is 0.264 e. The Labute approximate surface area is 230 Å². The van der Waals surface area contributed by atoms with E-state index in [0.717, 1.165) is 31.5 Å². The predicted octanol–water partition coefficient (Wildman–Crippen LogP) is 2.48. The van der Waals surface area contributed by atoms with Crippen LogP contribution in [-0.4, -0.2) is 69.8 Å². The Balaban J connectivity index is 1.05. The molecule has 1 amide bonds. The monoisotopic (exact) mass is 548 g/mol. The molecule has 4 aromatic rings. The number of nitrogens with zero attached hydrogens (tertiary/aromatic N) is 7. The maximum absolute atomic E-state index is 13.3. The molecule has 0 spiro atoms. The third-order valence-corrected chi connectivity index (χ3v) is 8.24. The standard InChI is InChI=1S/C28H33FN8O3/c1-34-13-10-24(33-34)32-21-6-2-19(3-7-21)26(38)35-14-11-28(40,12-15-35)17-36-18-30-25-23(27(36)39)16-31-37(25)22-8-4-20(29)5-9-22/h4-5,8-10,13,16,18-19,21,40H,2-3,6-7,11-12,14-15,17H2,1H3,(H,32,33)/t19-,21+. The van der Waals surface area contributed by atoms with Crippen LogP contribution in [0, 0.1) is 11.7 Å². The summed E-state index contributed by atoms with van der Waals surface area (Å²) in [6, 6.07) is 8.05. The average Bonchev–Trinajstić information content (AvgIpc) is 3.57. The number of halogens is 1. The zero-order valence-corrected chi connectivity index (χ0v) is 22.4. The van der Waals surface area contributed by atoms with Gasteiger partial charge in [0, 0.05) is 44.4 Å². The fourth-order valence-electron chi connectivity index (χ4n) is 5.90. The summed E-state index contributed by atoms with van der Waals surface area (Å²) in [5.74, 6) is 0.659. The molecule has 6 rings (SSSR count). The highest BCUT2D eigenvalue weighted by Crippen LogP contribution is 2.31. The van der Waals surface area contributed by atoms with Gasteiger partial charge in [-0.25, -0.2) is 14.1 Å². The van der Waals surface area contributed by atoms with Gasteiger partial charge in [-0.3, -0.25) is 18.8 Å². The van der Waals surface area contributed by atoms with Gasteiger partial charge in [0.1, 0.15) is 23.3 Å². The minimum Gasteiger partial charge on any atom is -0.388 e. The molecule has 210 valence electrons. The lowest BCUT2D eigenvalue weighted by atomic mass is 9.84. The van der Waals surface area contributed by atoms with Gasteiger partial charge in [0.05, 0.1) is 24.0 Å². The van der Waals surface area contributed by atoms with Gasteiger partial charge in [-0.15, -0.1) is 0 Å². The van der Waals surface area contributed by atoms with Crippen molar-refractivity contribution in [3.05, 3.63) is 65.2 Å². The van der Waals surface area contributed by atoms with Gasteiger partial charge in [0.15, 0.2) is 5.65 Å². The molecule has 1 aromatic carbocycles. The summed E-state index contributed by atoms with van der Waals surface area (Å²) in [4.78, 5) is 32.7. The Bertz CT molecular complexity index is 1560. The summed E-state index contributed by atoms with van der Waals surface area (Å²) >= 11 is 0. The molecular weight excluding hydrogens is 515 g/mol. The van der Waals surface area contributed by atoms with Crippen molar-refractivity contribution in [3.8, 4) is 5.69 Å². The van der Waals surface area contributed by atoms with E-state index in [4.69, 9.17) is 0 Å². The second kappa shape index (κ2) is 10.5. The highest BCUT2D eigenvalue weighted by molar-refractivity contribution is 5.79. The number of benzene rings is 1. The molecule has 0 atom stereocenters. The molecule has 1 saturated heterocycles. The molecule has 3 aromatic heterocycles. The fraction of sp³-hybridized carbons (Fsp3) is 0.464. The Morgan fingerprint density at radius 1 is 1.12 bits per heavy atom. The number of anilines is 1. The van der Waals surface area contributed by atoms with Crippen molar-refractivity contribution < 1.29 is 14.3 Å². The van der Waals surface area contributed by atoms with E-state index in [9.17, 15) is 19.1 Å². The molecular formula is C28H33FN8O3. The molecule has 1 aliphatic heterocycles. The Morgan fingerprint density at radius 3 is 2.52 bits per heavy atom. The molecule has 4 heterocycles. The SMILES string of the molecule is Cn1ccc(N[C@H]2CC[C@@H](C(=O)N3CCC(O)(Cn4cnc5c(cnn5-c5ccc(F)cc5)c4=O)CC3)CC2)n1. The Kier molecular flexibility index (Phi) is 6.87. The van der Waals surface area contributed by atoms with Gasteiger partial charge in [-0.1, -0.05) is 0 Å². The van der Waals surface area contributed by atoms with E-state index >= 15 is 0 Å². The highest BCUT2D eigenvalue weighted by atomic mass is 19.1. The molecule has 2 aliphatic rings. The Hall–Kier alpha value is -4.06. The number of carbonyl (C=O) groups excluding carboxylic acids is 1. The number of hydrogen-bond donors (Lipinski definition) is 2. The van der Waals surface area contributed by atoms with Crippen LogP contribution in [0.15, 0.2) is 53.8 Å². The van der Waals surface area contributed by atoms with Crippen LogP contribution in [0.2, 0.25) is 0 Å². The van der Waals surface area contributed by atoms with E-state index in [0.29, 0.717) is 48.7 Å². The van der Waals surface area contributed by atoms with Crippen molar-refractivity contribution in [2.75, 3.05) is 18.4 Å². The highest BCUT2D eigenvalue weighted by Gasteiger charge is 2.37. The van der Waals surface area contributed by atoms with Crippen LogP contribution in [0.5, 0.6) is 0 Å². The second-order valence-electron chi connectivity index (χ2n) is 11.1. The van der Waals surface area contributed by atoms with Gasteiger partial charge in [-0.05, 0) is 62.8 Å². The maximum Gasteiger partial charge on any atom is 0.264 e. The van der Waals surface area contributed by atoms with Crippen LogP contribution in [-0.2, 0) is 18.4 Å². The summed E-state index contributed by atoms with van der Waals surface area (Å²) in [5, 5.41) is 23.7. The van der Waals surface area contributed by atoms with Crippen LogP contribution in [0.4, 0.5) is 10.2 Å². The van der Waals surface area contributed by atoms with Crippen LogP contribution in [0.3, 0.4) is 0 Å². The third kappa shape index (κ3) is 5.23. The van der Waals surface area contributed by atoms with Gasteiger partial charge >= 0.3 is 0 Å². The van der Waals surface area contributed by atoms with Crippen molar-refractivity contribution in [1.29, 1.82) is 0 Å². The average molecular weight is 549 g/mol. The molecule has 40 heavy (non-hydrogen) atoms. The molecule has 12 heteroatoms. The number of aliphatic hydroxyl groups is 1. The fourth-order valence-corrected chi connectivity index (χ4v) is 5.90. The summed E-state index contributed by atoms with van der Waals surface area (Å²) in [6.45, 7) is 0.992. The second-order valence-corrected chi connectivity index (χ2v) is 11.1. The zero-order valence-electron chi connectivity index (χ0n) is 22.4. The third-order valence-electron chi connectivity index (χ3n) is 8.24. The van der Waals surface area contributed by atoms with Gasteiger partial charge in [0.25, 0.3) is 5.56 Å². The number of carbonyl (C=O) groups is 1. The topological polar surface area (TPSA) is 123 Å². The van der Waals surface area contributed by atoms with Gasteiger partial charge < -0.3 is 15.3 Å². The van der Waals surface area contributed by atoms with E-state index in [1.54, 1.807) is 16.8 Å². The lowest BCUT2D eigenvalue weighted by Gasteiger charge is -2.40. The maximum atomic E-state index is 13.3. The minimum atomic E-state index is -1.12. The first-order valence-corrected chi connectivity index (χ1v) is 13.7. The van der Waals surface area contributed by atoms with Crippen LogP contribution >= 0.6 is 0 Å². The van der Waals surface area contributed by atoms with Crippen molar-refractivity contribution in [2.24, 2.45) is 13.0 Å². The zero-order chi connectivity index (χ0) is 27.9. The summed E-state index contributed by atoms with van der Waals surface area (Å²) in [6.07, 6.45) is 9.03. The number of amides is 1. The van der Waals surface area contributed by atoms with Crippen LogP contribution in [0.1, 0.15) is 38.5 Å². The van der Waals surface area contributed by atoms with Crippen molar-refractivity contribution in [1.82, 2.24) is 34.0 Å². The van der Waals surface area contributed by atoms with Gasteiger partial charge in [0.2, 0.25) is 5.91 Å². The van der Waals surface area contributed by atoms with Crippen molar-refractivity contribution in [3.63, 3.8) is 0 Å². The molecule has 0 bridgehead atoms. The molecule has 2 fully saturated rings. The van der Waals surface area contributed by atoms with Crippen molar-refractivity contribution in [2.45, 2.75) is 56.7 Å². The largest absolute Gasteiger partial charge is 0.388 e. The summed E-state index contributed by atoms with van der Waals surface area (Å²) < 4.78 is 18.0. The Morgan fingerprint density at radius 2 is 1.85 bits per heavy atom. The molecule has 1 aliphatic carbocycles. The van der Waals surface area contributed by atoms with Gasteiger partial charge in [-0.2, -0.15) is 10.2 Å². The number of aryl methyl sites for hydroxylation is 1. The van der Waals surface area contributed by atoms with Crippen LogP contribution < -0.4 is 10.9 Å². The number of rotatable bonds is 6. The normalized spacial score (nSPS) is 21.0. The van der Waals surface area contributed by atoms with E-state index in [1.165, 1.54) is 33.9 Å². The number of hydrogen-bond acceptors (Lipinski definition) is 7. The number of likely N-dealkylation sites (tertiary alicyclic amines) is 1. The number of fused-ring (bicyclic) bond motifs is 1. The molecule has 0 unspecified atom stereocenters. The predicted molar refractivity (Wildman–Crippen MR) is 146 cm³/mol. The number of aromatic nitrogens is 6. The first kappa shape index (κ1) is 26.2. The first-order chi connectivity index (χ1) is 19.3. The molecule has 11 nitrogen and oxygen atoms in total. The number of nitrogens with one attached hydrogen (secondary N) is 1. The van der Waals surface area contributed by atoms with E-state index in [1.807, 2.05) is 24.2 Å². The summed E-state index contributed by atoms with van der Waals surface area (Å²) in [5.41, 5.74) is -0.464. The first-order valence-electron chi connectivity index (χ1n) is 13.7. The molecule has 2 N–H and O–H groups in total. The van der Waals surface area contributed by atoms with E-state index in [2.05, 4.69) is 20.5 Å². The van der Waals surface area contributed by atoms with E-state index < -0.39 is 5.60 Å². The lowest BCUT2D eigenvalue weighted by molar-refractivity contribution is -0.141. The van der Waals surface area contributed by atoms with Crippen LogP contribution in [0.25, 0.3) is 16.7 Å². The lowest BCUT2D eigenvalue weighted by Crippen LogP contribution is -2.51. The number of piperidine rings is 1. The van der Waals surface area contributed by atoms with Crippen molar-refractivity contribution >= 4 is 22.8 Å². The molecule has 0 radical (unpaired) electrons. The summed E-state index contributed by atoms with van der Waals surface area (Å²) in [7, 11) is 1.89. The van der Waals surface area contributed by atoms with E-state index in [-0.39, 0.29) is 29.7 Å². The minimum absolute atomic E-state index is 0.000142.